The van der Waals surface area contributed by atoms with Crippen molar-refractivity contribution in [3.8, 4) is 0 Å². The van der Waals surface area contributed by atoms with Gasteiger partial charge in [0.15, 0.2) is 0 Å². The predicted octanol–water partition coefficient (Wildman–Crippen LogP) is -0.963. The number of hydrogen-bond donors (Lipinski definition) is 0. The van der Waals surface area contributed by atoms with E-state index >= 15 is 0 Å². The molecule has 0 unspecified atom stereocenters. The van der Waals surface area contributed by atoms with E-state index in [-0.39, 0.29) is 0 Å². The number of benzene rings is 1. The first kappa shape index (κ1) is 8.04. The normalized spacial score (nSPS) is 10.4. The monoisotopic (exact) mass is 258 g/mol. The van der Waals surface area contributed by atoms with Gasteiger partial charge < -0.3 is 0 Å². The maximum absolute atomic E-state index is 10.5. The van der Waals surface area contributed by atoms with Gasteiger partial charge >= 0.3 is 71.8 Å². The fraction of sp³-hybridized carbons (Fsp3) is 0. The van der Waals surface area contributed by atoms with Gasteiger partial charge in [-0.25, -0.2) is 0 Å². The Morgan fingerprint density at radius 1 is 0.900 bits per heavy atom. The molecule has 0 heterocycles. The van der Waals surface area contributed by atoms with Gasteiger partial charge in [0.25, 0.3) is 0 Å². The van der Waals surface area contributed by atoms with Gasteiger partial charge in [0.1, 0.15) is 0 Å². The van der Waals surface area contributed by atoms with Crippen molar-refractivity contribution in [3.05, 3.63) is 24.3 Å². The maximum atomic E-state index is 10.5. The summed E-state index contributed by atoms with van der Waals surface area (Å²) in [5.41, 5.74) is 0. The summed E-state index contributed by atoms with van der Waals surface area (Å²) in [7, 11) is 0. The van der Waals surface area contributed by atoms with E-state index < -0.39 is 31.4 Å². The van der Waals surface area contributed by atoms with E-state index in [0.717, 1.165) is 8.70 Å². The molecule has 0 atom stereocenters. The molecule has 0 aromatic heterocycles. The molecule has 0 amide bonds. The van der Waals surface area contributed by atoms with Gasteiger partial charge in [-0.15, -0.1) is 0 Å². The SMILES string of the molecule is O=[As]c1ccccc1[As]=O. The summed E-state index contributed by atoms with van der Waals surface area (Å²) in [5.74, 6) is 0. The third-order valence-corrected chi connectivity index (χ3v) is 4.37. The molecule has 50 valence electrons. The van der Waals surface area contributed by atoms with Crippen molar-refractivity contribution in [2.75, 3.05) is 0 Å². The molecule has 2 nitrogen and oxygen atoms in total. The van der Waals surface area contributed by atoms with Crippen molar-refractivity contribution in [1.29, 1.82) is 0 Å². The van der Waals surface area contributed by atoms with E-state index in [1.807, 2.05) is 12.1 Å². The summed E-state index contributed by atoms with van der Waals surface area (Å²) < 4.78 is 22.5. The summed E-state index contributed by atoms with van der Waals surface area (Å²) in [6.07, 6.45) is 0. The summed E-state index contributed by atoms with van der Waals surface area (Å²) in [5, 5.41) is 0. The second-order valence-corrected chi connectivity index (χ2v) is 4.46. The first-order valence-corrected chi connectivity index (χ1v) is 6.05. The second-order valence-electron chi connectivity index (χ2n) is 1.67. The molecule has 0 aliphatic carbocycles. The Balaban J connectivity index is 3.20. The Morgan fingerprint density at radius 2 is 1.30 bits per heavy atom. The van der Waals surface area contributed by atoms with Crippen LogP contribution in [0.2, 0.25) is 0 Å². The van der Waals surface area contributed by atoms with Gasteiger partial charge in [0.2, 0.25) is 0 Å². The van der Waals surface area contributed by atoms with Crippen molar-refractivity contribution >= 4 is 40.1 Å². The Bertz CT molecular complexity index is 233. The van der Waals surface area contributed by atoms with Crippen LogP contribution in [0.3, 0.4) is 0 Å². The molecular weight excluding hydrogens is 254 g/mol. The van der Waals surface area contributed by atoms with Gasteiger partial charge in [0, 0.05) is 0 Å². The molecule has 0 radical (unpaired) electrons. The molecule has 0 spiro atoms. The Hall–Kier alpha value is -0.0631. The van der Waals surface area contributed by atoms with Gasteiger partial charge in [0.05, 0.1) is 0 Å². The zero-order chi connectivity index (χ0) is 7.40. The zero-order valence-corrected chi connectivity index (χ0v) is 8.77. The van der Waals surface area contributed by atoms with Crippen LogP contribution in [-0.4, -0.2) is 31.4 Å². The summed E-state index contributed by atoms with van der Waals surface area (Å²) >= 11 is -2.03. The van der Waals surface area contributed by atoms with Crippen LogP contribution in [0.15, 0.2) is 24.3 Å². The molecule has 0 fully saturated rings. The second kappa shape index (κ2) is 3.95. The standard InChI is InChI=1S/C6H4As2O2/c9-7-5-3-1-2-4-6(5)8-10/h1-4H. The number of rotatable bonds is 2. The van der Waals surface area contributed by atoms with Gasteiger partial charge in [-0.1, -0.05) is 0 Å². The third kappa shape index (κ3) is 1.71. The van der Waals surface area contributed by atoms with E-state index in [1.54, 1.807) is 12.1 Å². The molecule has 1 aromatic carbocycles. The van der Waals surface area contributed by atoms with E-state index in [9.17, 15) is 7.48 Å². The van der Waals surface area contributed by atoms with Crippen molar-refractivity contribution in [2.45, 2.75) is 0 Å². The van der Waals surface area contributed by atoms with E-state index in [0.29, 0.717) is 0 Å². The fourth-order valence-corrected chi connectivity index (χ4v) is 2.83. The number of hydrogen-bond acceptors (Lipinski definition) is 2. The molecule has 0 saturated carbocycles. The van der Waals surface area contributed by atoms with Crippen molar-refractivity contribution in [1.82, 2.24) is 0 Å². The van der Waals surface area contributed by atoms with Crippen LogP contribution in [0.1, 0.15) is 0 Å². The van der Waals surface area contributed by atoms with Crippen LogP contribution in [0, 0.1) is 0 Å². The molecule has 0 aliphatic rings. The Kier molecular flexibility index (Phi) is 3.18. The molecule has 1 aromatic rings. The average molecular weight is 258 g/mol. The third-order valence-electron chi connectivity index (χ3n) is 1.08. The van der Waals surface area contributed by atoms with Crippen LogP contribution in [0.4, 0.5) is 0 Å². The Labute approximate surface area is 71.8 Å². The van der Waals surface area contributed by atoms with E-state index in [1.165, 1.54) is 0 Å². The summed E-state index contributed by atoms with van der Waals surface area (Å²) in [4.78, 5) is 0. The molecule has 1 rings (SSSR count). The minimum absolute atomic E-state index is 0.758. The Morgan fingerprint density at radius 3 is 1.60 bits per heavy atom. The molecule has 0 N–H and O–H groups in total. The van der Waals surface area contributed by atoms with Crippen molar-refractivity contribution in [3.63, 3.8) is 0 Å². The molecule has 0 saturated heterocycles. The van der Waals surface area contributed by atoms with Crippen LogP contribution >= 0.6 is 0 Å². The average Bonchev–Trinajstić information content (AvgIpc) is 2.04. The van der Waals surface area contributed by atoms with Crippen LogP contribution in [0.25, 0.3) is 0 Å². The molecule has 4 heteroatoms. The molecule has 0 aliphatic heterocycles. The minimum atomic E-state index is -1.02. The first-order valence-electron chi connectivity index (χ1n) is 2.64. The zero-order valence-electron chi connectivity index (χ0n) is 5.02. The van der Waals surface area contributed by atoms with E-state index in [4.69, 9.17) is 0 Å². The molecular formula is C6H4As2O2. The quantitative estimate of drug-likeness (QED) is 0.640. The summed E-state index contributed by atoms with van der Waals surface area (Å²) in [6, 6.07) is 7.14. The fourth-order valence-electron chi connectivity index (χ4n) is 0.619. The van der Waals surface area contributed by atoms with Gasteiger partial charge in [-0.2, -0.15) is 0 Å². The summed E-state index contributed by atoms with van der Waals surface area (Å²) in [6.45, 7) is 0. The van der Waals surface area contributed by atoms with Gasteiger partial charge in [-0.05, 0) is 0 Å². The van der Waals surface area contributed by atoms with Crippen LogP contribution < -0.4 is 8.70 Å². The van der Waals surface area contributed by atoms with Gasteiger partial charge in [-0.3, -0.25) is 0 Å². The molecule has 0 bridgehead atoms. The van der Waals surface area contributed by atoms with Crippen LogP contribution in [-0.2, 0) is 7.48 Å². The topological polar surface area (TPSA) is 34.1 Å². The van der Waals surface area contributed by atoms with E-state index in [2.05, 4.69) is 0 Å². The predicted molar refractivity (Wildman–Crippen MR) is 38.6 cm³/mol. The first-order chi connectivity index (χ1) is 4.88. The van der Waals surface area contributed by atoms with Crippen molar-refractivity contribution in [2.24, 2.45) is 0 Å². The van der Waals surface area contributed by atoms with Crippen molar-refractivity contribution < 1.29 is 7.48 Å². The van der Waals surface area contributed by atoms with Crippen LogP contribution in [0.5, 0.6) is 0 Å². The molecule has 10 heavy (non-hydrogen) atoms.